The molecule has 0 aliphatic carbocycles. The van der Waals surface area contributed by atoms with E-state index in [1.807, 2.05) is 42.5 Å². The van der Waals surface area contributed by atoms with E-state index in [0.717, 1.165) is 25.0 Å². The van der Waals surface area contributed by atoms with Gasteiger partial charge in [0.25, 0.3) is 0 Å². The molecule has 1 aliphatic rings. The zero-order valence-electron chi connectivity index (χ0n) is 10.5. The van der Waals surface area contributed by atoms with E-state index in [1.54, 1.807) is 0 Å². The minimum Gasteiger partial charge on any atom is -0.353 e. The van der Waals surface area contributed by atoms with Crippen LogP contribution in [0.4, 0.5) is 0 Å². The number of ether oxygens (including phenoxy) is 2. The van der Waals surface area contributed by atoms with Gasteiger partial charge in [-0.05, 0) is 37.0 Å². The van der Waals surface area contributed by atoms with E-state index in [2.05, 4.69) is 11.8 Å². The molecular formula is C16H18O2. The number of benzene rings is 1. The fourth-order valence-electron chi connectivity index (χ4n) is 1.78. The molecule has 94 valence electrons. The second kappa shape index (κ2) is 7.71. The Bertz CT molecular complexity index is 419. The second-order valence-corrected chi connectivity index (χ2v) is 4.17. The van der Waals surface area contributed by atoms with E-state index < -0.39 is 0 Å². The predicted octanol–water partition coefficient (Wildman–Crippen LogP) is 3.25. The van der Waals surface area contributed by atoms with Gasteiger partial charge in [0.05, 0.1) is 0 Å². The summed E-state index contributed by atoms with van der Waals surface area (Å²) in [6, 6.07) is 10.1. The Labute approximate surface area is 109 Å². The van der Waals surface area contributed by atoms with Gasteiger partial charge in [0, 0.05) is 6.61 Å². The van der Waals surface area contributed by atoms with Gasteiger partial charge >= 0.3 is 0 Å². The van der Waals surface area contributed by atoms with Crippen molar-refractivity contribution < 1.29 is 9.47 Å². The smallest absolute Gasteiger partial charge is 0.158 e. The first-order valence-corrected chi connectivity index (χ1v) is 6.38. The van der Waals surface area contributed by atoms with Crippen LogP contribution in [0.25, 0.3) is 6.08 Å². The monoisotopic (exact) mass is 242 g/mol. The normalized spacial score (nSPS) is 19.4. The SMILES string of the molecule is C(#CCOC1CCCCO1)/C=C/c1ccccc1. The second-order valence-electron chi connectivity index (χ2n) is 4.17. The first-order chi connectivity index (χ1) is 8.95. The molecule has 0 amide bonds. The van der Waals surface area contributed by atoms with Crippen LogP contribution in [0.5, 0.6) is 0 Å². The van der Waals surface area contributed by atoms with Crippen molar-refractivity contribution in [2.24, 2.45) is 0 Å². The largest absolute Gasteiger partial charge is 0.353 e. The van der Waals surface area contributed by atoms with E-state index in [0.29, 0.717) is 6.61 Å². The number of hydrogen-bond acceptors (Lipinski definition) is 2. The van der Waals surface area contributed by atoms with Gasteiger partial charge in [-0.2, -0.15) is 0 Å². The highest BCUT2D eigenvalue weighted by Gasteiger charge is 2.12. The summed E-state index contributed by atoms with van der Waals surface area (Å²) in [5.41, 5.74) is 1.16. The Kier molecular flexibility index (Phi) is 5.52. The van der Waals surface area contributed by atoms with E-state index in [9.17, 15) is 0 Å². The summed E-state index contributed by atoms with van der Waals surface area (Å²) in [5.74, 6) is 5.93. The Morgan fingerprint density at radius 2 is 2.17 bits per heavy atom. The minimum atomic E-state index is -0.0499. The molecule has 1 saturated heterocycles. The Balaban J connectivity index is 1.67. The highest BCUT2D eigenvalue weighted by atomic mass is 16.7. The maximum Gasteiger partial charge on any atom is 0.158 e. The summed E-state index contributed by atoms with van der Waals surface area (Å²) in [7, 11) is 0. The van der Waals surface area contributed by atoms with Gasteiger partial charge in [-0.15, -0.1) is 0 Å². The Hall–Kier alpha value is -1.56. The topological polar surface area (TPSA) is 18.5 Å². The lowest BCUT2D eigenvalue weighted by Gasteiger charge is -2.21. The first-order valence-electron chi connectivity index (χ1n) is 6.38. The summed E-state index contributed by atoms with van der Waals surface area (Å²) in [6.07, 6.45) is 7.11. The highest BCUT2D eigenvalue weighted by molar-refractivity contribution is 5.52. The summed E-state index contributed by atoms with van der Waals surface area (Å²) in [6.45, 7) is 1.25. The van der Waals surface area contributed by atoms with Crippen LogP contribution in [-0.2, 0) is 9.47 Å². The van der Waals surface area contributed by atoms with Crippen LogP contribution in [-0.4, -0.2) is 19.5 Å². The van der Waals surface area contributed by atoms with Gasteiger partial charge in [-0.3, -0.25) is 0 Å². The summed E-state index contributed by atoms with van der Waals surface area (Å²) in [5, 5.41) is 0. The van der Waals surface area contributed by atoms with E-state index in [4.69, 9.17) is 9.47 Å². The summed E-state index contributed by atoms with van der Waals surface area (Å²) < 4.78 is 11.0. The molecule has 18 heavy (non-hydrogen) atoms. The third-order valence-electron chi connectivity index (χ3n) is 2.74. The zero-order chi connectivity index (χ0) is 12.5. The molecule has 1 atom stereocenters. The molecule has 2 nitrogen and oxygen atoms in total. The Morgan fingerprint density at radius 3 is 2.94 bits per heavy atom. The molecule has 1 aliphatic heterocycles. The van der Waals surface area contributed by atoms with Crippen LogP contribution in [0.2, 0.25) is 0 Å². The van der Waals surface area contributed by atoms with Crippen LogP contribution in [0, 0.1) is 11.8 Å². The lowest BCUT2D eigenvalue weighted by molar-refractivity contribution is -0.154. The fourth-order valence-corrected chi connectivity index (χ4v) is 1.78. The molecule has 2 rings (SSSR count). The van der Waals surface area contributed by atoms with E-state index in [1.165, 1.54) is 6.42 Å². The Morgan fingerprint density at radius 1 is 1.28 bits per heavy atom. The summed E-state index contributed by atoms with van der Waals surface area (Å²) >= 11 is 0. The molecule has 0 aromatic heterocycles. The number of allylic oxidation sites excluding steroid dienone is 1. The van der Waals surface area contributed by atoms with E-state index in [-0.39, 0.29) is 6.29 Å². The van der Waals surface area contributed by atoms with Gasteiger partial charge in [0.15, 0.2) is 6.29 Å². The van der Waals surface area contributed by atoms with Crippen molar-refractivity contribution in [3.8, 4) is 11.8 Å². The van der Waals surface area contributed by atoms with Gasteiger partial charge in [0.2, 0.25) is 0 Å². The molecule has 1 aromatic carbocycles. The molecule has 2 heteroatoms. The van der Waals surface area contributed by atoms with Crippen molar-refractivity contribution in [1.82, 2.24) is 0 Å². The average molecular weight is 242 g/mol. The quantitative estimate of drug-likeness (QED) is 0.757. The van der Waals surface area contributed by atoms with Gasteiger partial charge in [0.1, 0.15) is 6.61 Å². The van der Waals surface area contributed by atoms with Crippen LogP contribution in [0.1, 0.15) is 24.8 Å². The predicted molar refractivity (Wildman–Crippen MR) is 72.8 cm³/mol. The third-order valence-corrected chi connectivity index (χ3v) is 2.74. The van der Waals surface area contributed by atoms with Crippen molar-refractivity contribution in [3.05, 3.63) is 42.0 Å². The van der Waals surface area contributed by atoms with Crippen molar-refractivity contribution >= 4 is 6.08 Å². The molecule has 0 radical (unpaired) electrons. The van der Waals surface area contributed by atoms with Gasteiger partial charge in [-0.1, -0.05) is 42.2 Å². The standard InChI is InChI=1S/C16H18O2/c1-3-9-15(10-4-1)11-5-2-7-13-17-16-12-6-8-14-18-16/h1,3-5,9-11,16H,6,8,12-14H2/b11-5+. The highest BCUT2D eigenvalue weighted by Crippen LogP contribution is 2.12. The minimum absolute atomic E-state index is 0.0499. The number of rotatable bonds is 3. The fraction of sp³-hybridized carbons (Fsp3) is 0.375. The van der Waals surface area contributed by atoms with Crippen molar-refractivity contribution in [2.75, 3.05) is 13.2 Å². The average Bonchev–Trinajstić information content (AvgIpc) is 2.45. The zero-order valence-corrected chi connectivity index (χ0v) is 10.5. The summed E-state index contributed by atoms with van der Waals surface area (Å²) in [4.78, 5) is 0. The molecule has 1 unspecified atom stereocenters. The third kappa shape index (κ3) is 4.75. The molecule has 1 fully saturated rings. The maximum atomic E-state index is 5.51. The lowest BCUT2D eigenvalue weighted by atomic mass is 10.2. The molecule has 0 saturated carbocycles. The maximum absolute atomic E-state index is 5.51. The van der Waals surface area contributed by atoms with Crippen molar-refractivity contribution in [2.45, 2.75) is 25.6 Å². The first kappa shape index (κ1) is 12.9. The number of hydrogen-bond donors (Lipinski definition) is 0. The van der Waals surface area contributed by atoms with Gasteiger partial charge < -0.3 is 9.47 Å². The van der Waals surface area contributed by atoms with Crippen molar-refractivity contribution in [1.29, 1.82) is 0 Å². The molecule has 1 aromatic rings. The molecular weight excluding hydrogens is 224 g/mol. The lowest BCUT2D eigenvalue weighted by Crippen LogP contribution is -2.22. The van der Waals surface area contributed by atoms with E-state index >= 15 is 0 Å². The molecule has 0 spiro atoms. The molecule has 0 N–H and O–H groups in total. The van der Waals surface area contributed by atoms with Crippen LogP contribution >= 0.6 is 0 Å². The van der Waals surface area contributed by atoms with Crippen molar-refractivity contribution in [3.63, 3.8) is 0 Å². The van der Waals surface area contributed by atoms with Crippen LogP contribution in [0.3, 0.4) is 0 Å². The van der Waals surface area contributed by atoms with Crippen LogP contribution in [0.15, 0.2) is 36.4 Å². The van der Waals surface area contributed by atoms with Gasteiger partial charge in [-0.25, -0.2) is 0 Å². The molecule has 1 heterocycles. The van der Waals surface area contributed by atoms with Crippen LogP contribution < -0.4 is 0 Å². The molecule has 0 bridgehead atoms.